The topological polar surface area (TPSA) is 102 Å². The molecule has 2 rings (SSSR count). The summed E-state index contributed by atoms with van der Waals surface area (Å²) in [4.78, 5) is 31.8. The zero-order chi connectivity index (χ0) is 17.5. The van der Waals surface area contributed by atoms with E-state index in [0.29, 0.717) is 17.1 Å². The lowest BCUT2D eigenvalue weighted by Crippen LogP contribution is -2.18. The van der Waals surface area contributed by atoms with Crippen LogP contribution in [0.4, 0.5) is 11.4 Å². The Labute approximate surface area is 139 Å². The Morgan fingerprint density at radius 1 is 1.12 bits per heavy atom. The van der Waals surface area contributed by atoms with Gasteiger partial charge >= 0.3 is 0 Å². The lowest BCUT2D eigenvalue weighted by Gasteiger charge is -2.12. The predicted octanol–water partition coefficient (Wildman–Crippen LogP) is 1.63. The van der Waals surface area contributed by atoms with Crippen LogP contribution in [-0.2, 0) is 9.53 Å². The maximum Gasteiger partial charge on any atom is 0.275 e. The van der Waals surface area contributed by atoms with Gasteiger partial charge in [0.15, 0.2) is 0 Å². The number of hydrogen-bond acceptors (Lipinski definition) is 6. The highest BCUT2D eigenvalue weighted by Crippen LogP contribution is 2.28. The van der Waals surface area contributed by atoms with Crippen LogP contribution < -0.4 is 15.4 Å². The van der Waals surface area contributed by atoms with E-state index in [-0.39, 0.29) is 24.1 Å². The van der Waals surface area contributed by atoms with Crippen LogP contribution in [0.2, 0.25) is 0 Å². The zero-order valence-electron chi connectivity index (χ0n) is 13.6. The van der Waals surface area contributed by atoms with Gasteiger partial charge in [0.25, 0.3) is 5.91 Å². The third-order valence-corrected chi connectivity index (χ3v) is 3.02. The molecule has 0 bridgehead atoms. The van der Waals surface area contributed by atoms with E-state index in [1.807, 2.05) is 0 Å². The minimum Gasteiger partial charge on any atom is -0.494 e. The fraction of sp³-hybridized carbons (Fsp3) is 0.250. The summed E-state index contributed by atoms with van der Waals surface area (Å²) in [5, 5.41) is 5.36. The van der Waals surface area contributed by atoms with Crippen LogP contribution in [0.1, 0.15) is 16.2 Å². The first-order chi connectivity index (χ1) is 11.5. The average molecular weight is 330 g/mol. The van der Waals surface area contributed by atoms with Gasteiger partial charge in [-0.15, -0.1) is 0 Å². The molecule has 1 heterocycles. The predicted molar refractivity (Wildman–Crippen MR) is 88.2 cm³/mol. The van der Waals surface area contributed by atoms with E-state index in [2.05, 4.69) is 20.6 Å². The normalized spacial score (nSPS) is 10.1. The number of hydrogen-bond donors (Lipinski definition) is 2. The van der Waals surface area contributed by atoms with E-state index < -0.39 is 0 Å². The fourth-order valence-corrected chi connectivity index (χ4v) is 1.89. The molecule has 8 nitrogen and oxygen atoms in total. The molecule has 2 N–H and O–H groups in total. The number of amides is 2. The van der Waals surface area contributed by atoms with Crippen molar-refractivity contribution in [2.75, 3.05) is 31.5 Å². The molecule has 0 radical (unpaired) electrons. The van der Waals surface area contributed by atoms with Crippen LogP contribution >= 0.6 is 0 Å². The van der Waals surface area contributed by atoms with Crippen molar-refractivity contribution in [3.63, 3.8) is 0 Å². The third-order valence-electron chi connectivity index (χ3n) is 3.02. The second-order valence-electron chi connectivity index (χ2n) is 4.89. The number of nitrogens with zero attached hydrogens (tertiary/aromatic N) is 2. The molecule has 0 aliphatic rings. The molecule has 8 heteroatoms. The summed E-state index contributed by atoms with van der Waals surface area (Å²) in [6, 6.07) is 4.87. The number of carbonyl (C=O) groups excluding carboxylic acids is 2. The highest BCUT2D eigenvalue weighted by molar-refractivity contribution is 6.03. The number of rotatable bonds is 6. The second-order valence-corrected chi connectivity index (χ2v) is 4.89. The van der Waals surface area contributed by atoms with Crippen LogP contribution in [0.15, 0.2) is 30.6 Å². The van der Waals surface area contributed by atoms with Crippen molar-refractivity contribution >= 4 is 23.2 Å². The highest BCUT2D eigenvalue weighted by Gasteiger charge is 2.12. The number of nitrogens with one attached hydrogen (secondary N) is 2. The second kappa shape index (κ2) is 8.02. The molecular weight excluding hydrogens is 312 g/mol. The van der Waals surface area contributed by atoms with Crippen molar-refractivity contribution < 1.29 is 19.1 Å². The number of ether oxygens (including phenoxy) is 2. The molecule has 1 aromatic heterocycles. The van der Waals surface area contributed by atoms with Gasteiger partial charge in [-0.1, -0.05) is 0 Å². The SMILES string of the molecule is COCC(=O)Nc1ccc(NC(=O)c2cnc(C)cn2)cc1OC. The van der Waals surface area contributed by atoms with Gasteiger partial charge in [0.2, 0.25) is 5.91 Å². The van der Waals surface area contributed by atoms with Gasteiger partial charge in [0, 0.05) is 25.1 Å². The van der Waals surface area contributed by atoms with Gasteiger partial charge in [-0.05, 0) is 19.1 Å². The van der Waals surface area contributed by atoms with E-state index in [9.17, 15) is 9.59 Å². The summed E-state index contributed by atoms with van der Waals surface area (Å²) >= 11 is 0. The molecule has 1 aromatic carbocycles. The first kappa shape index (κ1) is 17.4. The molecule has 2 aromatic rings. The van der Waals surface area contributed by atoms with Gasteiger partial charge in [0.1, 0.15) is 18.1 Å². The van der Waals surface area contributed by atoms with Crippen molar-refractivity contribution in [1.29, 1.82) is 0 Å². The molecule has 0 aliphatic carbocycles. The minimum atomic E-state index is -0.388. The summed E-state index contributed by atoms with van der Waals surface area (Å²) < 4.78 is 9.99. The van der Waals surface area contributed by atoms with Crippen LogP contribution in [0, 0.1) is 6.92 Å². The summed E-state index contributed by atoms with van der Waals surface area (Å²) in [5.74, 6) is -0.282. The van der Waals surface area contributed by atoms with Gasteiger partial charge in [0.05, 0.1) is 24.7 Å². The summed E-state index contributed by atoms with van der Waals surface area (Å²) in [6.07, 6.45) is 2.92. The monoisotopic (exact) mass is 330 g/mol. The molecule has 0 fully saturated rings. The minimum absolute atomic E-state index is 0.0618. The van der Waals surface area contributed by atoms with Gasteiger partial charge < -0.3 is 20.1 Å². The van der Waals surface area contributed by atoms with Gasteiger partial charge in [-0.25, -0.2) is 4.98 Å². The molecule has 0 aliphatic heterocycles. The highest BCUT2D eigenvalue weighted by atomic mass is 16.5. The number of aryl methyl sites for hydroxylation is 1. The van der Waals surface area contributed by atoms with E-state index in [0.717, 1.165) is 5.69 Å². The number of benzene rings is 1. The molecular formula is C16H18N4O4. The smallest absolute Gasteiger partial charge is 0.275 e. The Bertz CT molecular complexity index is 731. The summed E-state index contributed by atoms with van der Waals surface area (Å²) in [5.41, 5.74) is 1.91. The Kier molecular flexibility index (Phi) is 5.80. The molecule has 0 saturated heterocycles. The first-order valence-electron chi connectivity index (χ1n) is 7.10. The lowest BCUT2D eigenvalue weighted by molar-refractivity contribution is -0.119. The van der Waals surface area contributed by atoms with Crippen LogP contribution in [0.5, 0.6) is 5.75 Å². The lowest BCUT2D eigenvalue weighted by atomic mass is 10.2. The van der Waals surface area contributed by atoms with E-state index in [1.54, 1.807) is 25.1 Å². The largest absolute Gasteiger partial charge is 0.494 e. The Morgan fingerprint density at radius 2 is 1.92 bits per heavy atom. The Hall–Kier alpha value is -3.00. The Morgan fingerprint density at radius 3 is 2.54 bits per heavy atom. The van der Waals surface area contributed by atoms with Crippen LogP contribution in [-0.4, -0.2) is 42.6 Å². The quantitative estimate of drug-likeness (QED) is 0.834. The van der Waals surface area contributed by atoms with Crippen molar-refractivity contribution in [3.05, 3.63) is 42.0 Å². The Balaban J connectivity index is 2.12. The number of aromatic nitrogens is 2. The number of anilines is 2. The first-order valence-corrected chi connectivity index (χ1v) is 7.10. The van der Waals surface area contributed by atoms with Crippen molar-refractivity contribution in [3.8, 4) is 5.75 Å². The molecule has 24 heavy (non-hydrogen) atoms. The molecule has 126 valence electrons. The number of carbonyl (C=O) groups is 2. The third kappa shape index (κ3) is 4.50. The van der Waals surface area contributed by atoms with Crippen LogP contribution in [0.25, 0.3) is 0 Å². The fourth-order valence-electron chi connectivity index (χ4n) is 1.89. The molecule has 0 unspecified atom stereocenters. The van der Waals surface area contributed by atoms with E-state index in [4.69, 9.17) is 9.47 Å². The van der Waals surface area contributed by atoms with Crippen molar-refractivity contribution in [2.45, 2.75) is 6.92 Å². The van der Waals surface area contributed by atoms with Gasteiger partial charge in [-0.2, -0.15) is 0 Å². The van der Waals surface area contributed by atoms with E-state index >= 15 is 0 Å². The molecule has 0 atom stereocenters. The molecule has 2 amide bonds. The standard InChI is InChI=1S/C16H18N4O4/c1-10-7-18-13(8-17-10)16(22)19-11-4-5-12(14(6-11)24-3)20-15(21)9-23-2/h4-8H,9H2,1-3H3,(H,19,22)(H,20,21). The summed E-state index contributed by atoms with van der Waals surface area (Å²) in [7, 11) is 2.90. The molecule has 0 saturated carbocycles. The van der Waals surface area contributed by atoms with Crippen molar-refractivity contribution in [1.82, 2.24) is 9.97 Å². The summed E-state index contributed by atoms with van der Waals surface area (Å²) in [6.45, 7) is 1.73. The van der Waals surface area contributed by atoms with Crippen molar-refractivity contribution in [2.24, 2.45) is 0 Å². The van der Waals surface area contributed by atoms with Gasteiger partial charge in [-0.3, -0.25) is 14.6 Å². The van der Waals surface area contributed by atoms with Crippen LogP contribution in [0.3, 0.4) is 0 Å². The maximum atomic E-state index is 12.1. The average Bonchev–Trinajstić information content (AvgIpc) is 2.57. The maximum absolute atomic E-state index is 12.1. The number of methoxy groups -OCH3 is 2. The van der Waals surface area contributed by atoms with E-state index in [1.165, 1.54) is 26.6 Å². The zero-order valence-corrected chi connectivity index (χ0v) is 13.6. The molecule has 0 spiro atoms.